The SMILES string of the molecule is FC(F)(F)c1cc(Cl)c(-n2ncc(CS)n2)c(Cl)c1. The first-order valence-electron chi connectivity index (χ1n) is 4.91. The second kappa shape index (κ2) is 5.22. The first-order chi connectivity index (χ1) is 8.82. The van der Waals surface area contributed by atoms with E-state index in [2.05, 4.69) is 22.8 Å². The maximum absolute atomic E-state index is 12.6. The van der Waals surface area contributed by atoms with Crippen molar-refractivity contribution in [2.45, 2.75) is 11.9 Å². The van der Waals surface area contributed by atoms with Crippen molar-refractivity contribution in [1.82, 2.24) is 15.0 Å². The van der Waals surface area contributed by atoms with Gasteiger partial charge < -0.3 is 0 Å². The van der Waals surface area contributed by atoms with Gasteiger partial charge in [-0.1, -0.05) is 23.2 Å². The highest BCUT2D eigenvalue weighted by molar-refractivity contribution is 7.79. The van der Waals surface area contributed by atoms with E-state index in [1.165, 1.54) is 6.20 Å². The van der Waals surface area contributed by atoms with Crippen molar-refractivity contribution in [3.63, 3.8) is 0 Å². The highest BCUT2D eigenvalue weighted by atomic mass is 35.5. The molecule has 0 fully saturated rings. The summed E-state index contributed by atoms with van der Waals surface area (Å²) in [4.78, 5) is 1.08. The number of rotatable bonds is 2. The highest BCUT2D eigenvalue weighted by Gasteiger charge is 2.32. The molecule has 0 saturated heterocycles. The molecule has 2 aromatic rings. The maximum Gasteiger partial charge on any atom is 0.416 e. The Labute approximate surface area is 121 Å². The van der Waals surface area contributed by atoms with E-state index < -0.39 is 11.7 Å². The lowest BCUT2D eigenvalue weighted by Crippen LogP contribution is -2.08. The number of hydrogen-bond acceptors (Lipinski definition) is 3. The van der Waals surface area contributed by atoms with Crippen LogP contribution >= 0.6 is 35.8 Å². The van der Waals surface area contributed by atoms with Crippen molar-refractivity contribution in [3.05, 3.63) is 39.6 Å². The third-order valence-corrected chi connectivity index (χ3v) is 3.15. The first-order valence-corrected chi connectivity index (χ1v) is 6.30. The Morgan fingerprint density at radius 2 is 1.79 bits per heavy atom. The summed E-state index contributed by atoms with van der Waals surface area (Å²) in [6.45, 7) is 0. The molecule has 9 heteroatoms. The molecule has 0 N–H and O–H groups in total. The van der Waals surface area contributed by atoms with Crippen molar-refractivity contribution >= 4 is 35.8 Å². The van der Waals surface area contributed by atoms with Gasteiger partial charge in [0.15, 0.2) is 0 Å². The zero-order valence-corrected chi connectivity index (χ0v) is 11.5. The van der Waals surface area contributed by atoms with Crippen LogP contribution in [-0.4, -0.2) is 15.0 Å². The van der Waals surface area contributed by atoms with Gasteiger partial charge in [0.2, 0.25) is 0 Å². The van der Waals surface area contributed by atoms with Gasteiger partial charge in [-0.3, -0.25) is 0 Å². The Morgan fingerprint density at radius 1 is 1.21 bits per heavy atom. The second-order valence-corrected chi connectivity index (χ2v) is 4.70. The predicted molar refractivity (Wildman–Crippen MR) is 69.1 cm³/mol. The Balaban J connectivity index is 2.53. The second-order valence-electron chi connectivity index (χ2n) is 3.57. The molecule has 0 aliphatic rings. The zero-order chi connectivity index (χ0) is 14.2. The fourth-order valence-electron chi connectivity index (χ4n) is 1.40. The van der Waals surface area contributed by atoms with Gasteiger partial charge in [-0.05, 0) is 12.1 Å². The topological polar surface area (TPSA) is 30.7 Å². The standard InChI is InChI=1S/C10H6Cl2F3N3S/c11-7-1-5(10(13,14)15)2-8(12)9(7)18-16-3-6(4-19)17-18/h1-3,19H,4H2. The van der Waals surface area contributed by atoms with E-state index in [9.17, 15) is 13.2 Å². The van der Waals surface area contributed by atoms with Gasteiger partial charge in [-0.2, -0.15) is 36.0 Å². The van der Waals surface area contributed by atoms with E-state index in [1.807, 2.05) is 0 Å². The van der Waals surface area contributed by atoms with Crippen LogP contribution in [0.5, 0.6) is 0 Å². The highest BCUT2D eigenvalue weighted by Crippen LogP contribution is 2.37. The predicted octanol–water partition coefficient (Wildman–Crippen LogP) is 4.02. The number of benzene rings is 1. The van der Waals surface area contributed by atoms with Crippen molar-refractivity contribution in [2.75, 3.05) is 0 Å². The summed E-state index contributed by atoms with van der Waals surface area (Å²) >= 11 is 15.7. The number of nitrogens with zero attached hydrogens (tertiary/aromatic N) is 3. The van der Waals surface area contributed by atoms with Crippen LogP contribution in [0.2, 0.25) is 10.0 Å². The molecule has 1 aromatic heterocycles. The molecule has 0 amide bonds. The summed E-state index contributed by atoms with van der Waals surface area (Å²) in [7, 11) is 0. The minimum absolute atomic E-state index is 0.101. The van der Waals surface area contributed by atoms with Gasteiger partial charge in [0.1, 0.15) is 5.69 Å². The molecule has 0 atom stereocenters. The summed E-state index contributed by atoms with van der Waals surface area (Å²) in [6, 6.07) is 1.57. The minimum Gasteiger partial charge on any atom is -0.173 e. The van der Waals surface area contributed by atoms with E-state index >= 15 is 0 Å². The summed E-state index contributed by atoms with van der Waals surface area (Å²) in [5, 5.41) is 7.51. The van der Waals surface area contributed by atoms with Gasteiger partial charge >= 0.3 is 6.18 Å². The number of thiol groups is 1. The van der Waals surface area contributed by atoms with Crippen LogP contribution in [0.15, 0.2) is 18.3 Å². The molecular formula is C10H6Cl2F3N3S. The Bertz CT molecular complexity index is 589. The van der Waals surface area contributed by atoms with E-state index in [-0.39, 0.29) is 15.7 Å². The van der Waals surface area contributed by atoms with Gasteiger partial charge in [-0.25, -0.2) is 0 Å². The van der Waals surface area contributed by atoms with Crippen LogP contribution in [0.4, 0.5) is 13.2 Å². The largest absolute Gasteiger partial charge is 0.416 e. The number of halogens is 5. The number of alkyl halides is 3. The molecular weight excluding hydrogens is 322 g/mol. The summed E-state index contributed by atoms with van der Waals surface area (Å²) in [6.07, 6.45) is -3.09. The van der Waals surface area contributed by atoms with Crippen LogP contribution in [0.25, 0.3) is 5.69 Å². The molecule has 102 valence electrons. The van der Waals surface area contributed by atoms with Crippen molar-refractivity contribution in [2.24, 2.45) is 0 Å². The Hall–Kier alpha value is -0.920. The average Bonchev–Trinajstić information content (AvgIpc) is 2.75. The van der Waals surface area contributed by atoms with Crippen molar-refractivity contribution < 1.29 is 13.2 Å². The molecule has 0 aliphatic carbocycles. The molecule has 3 nitrogen and oxygen atoms in total. The summed E-state index contributed by atoms with van der Waals surface area (Å²) in [5.74, 6) is 0.343. The van der Waals surface area contributed by atoms with Gasteiger partial charge in [0.25, 0.3) is 0 Å². The van der Waals surface area contributed by atoms with Crippen LogP contribution in [-0.2, 0) is 11.9 Å². The molecule has 1 aromatic carbocycles. The normalized spacial score (nSPS) is 11.9. The average molecular weight is 328 g/mol. The number of hydrogen-bond donors (Lipinski definition) is 1. The lowest BCUT2D eigenvalue weighted by atomic mass is 10.2. The lowest BCUT2D eigenvalue weighted by molar-refractivity contribution is -0.137. The van der Waals surface area contributed by atoms with E-state index in [4.69, 9.17) is 23.2 Å². The molecule has 0 spiro atoms. The molecule has 0 saturated carbocycles. The van der Waals surface area contributed by atoms with Gasteiger partial charge in [0, 0.05) is 5.75 Å². The molecule has 0 unspecified atom stereocenters. The quantitative estimate of drug-likeness (QED) is 0.844. The smallest absolute Gasteiger partial charge is 0.173 e. The van der Waals surface area contributed by atoms with Gasteiger partial charge in [0.05, 0.1) is 27.5 Å². The maximum atomic E-state index is 12.6. The van der Waals surface area contributed by atoms with Crippen LogP contribution in [0.3, 0.4) is 0 Å². The fourth-order valence-corrected chi connectivity index (χ4v) is 2.18. The zero-order valence-electron chi connectivity index (χ0n) is 9.12. The molecule has 0 aliphatic heterocycles. The van der Waals surface area contributed by atoms with E-state index in [0.29, 0.717) is 11.4 Å². The van der Waals surface area contributed by atoms with Crippen molar-refractivity contribution in [1.29, 1.82) is 0 Å². The lowest BCUT2D eigenvalue weighted by Gasteiger charge is -2.11. The van der Waals surface area contributed by atoms with E-state index in [0.717, 1.165) is 16.9 Å². The van der Waals surface area contributed by atoms with Crippen LogP contribution in [0.1, 0.15) is 11.3 Å². The van der Waals surface area contributed by atoms with Crippen LogP contribution < -0.4 is 0 Å². The molecule has 0 bridgehead atoms. The Kier molecular flexibility index (Phi) is 3.98. The van der Waals surface area contributed by atoms with Crippen LogP contribution in [0, 0.1) is 0 Å². The third-order valence-electron chi connectivity index (χ3n) is 2.25. The summed E-state index contributed by atoms with van der Waals surface area (Å²) < 4.78 is 37.7. The van der Waals surface area contributed by atoms with Gasteiger partial charge in [-0.15, -0.1) is 4.80 Å². The number of aromatic nitrogens is 3. The minimum atomic E-state index is -4.51. The monoisotopic (exact) mass is 327 g/mol. The first kappa shape index (κ1) is 14.5. The summed E-state index contributed by atoms with van der Waals surface area (Å²) in [5.41, 5.74) is -0.271. The van der Waals surface area contributed by atoms with Crippen molar-refractivity contribution in [3.8, 4) is 5.69 Å². The fraction of sp³-hybridized carbons (Fsp3) is 0.200. The Morgan fingerprint density at radius 3 is 2.21 bits per heavy atom. The third kappa shape index (κ3) is 2.98. The molecule has 0 radical (unpaired) electrons. The van der Waals surface area contributed by atoms with E-state index in [1.54, 1.807) is 0 Å². The molecule has 2 rings (SSSR count). The molecule has 19 heavy (non-hydrogen) atoms. The molecule has 1 heterocycles.